The summed E-state index contributed by atoms with van der Waals surface area (Å²) in [5, 5.41) is 0. The van der Waals surface area contributed by atoms with Gasteiger partial charge in [-0.25, -0.2) is 4.79 Å². The maximum atomic E-state index is 11.2. The van der Waals surface area contributed by atoms with Crippen LogP contribution in [0.25, 0.3) is 0 Å². The van der Waals surface area contributed by atoms with E-state index in [0.29, 0.717) is 6.61 Å². The monoisotopic (exact) mass is 392 g/mol. The van der Waals surface area contributed by atoms with E-state index >= 15 is 0 Å². The Morgan fingerprint density at radius 2 is 1.75 bits per heavy atom. The van der Waals surface area contributed by atoms with Crippen molar-refractivity contribution in [1.82, 2.24) is 0 Å². The molecule has 0 aromatic rings. The summed E-state index contributed by atoms with van der Waals surface area (Å²) in [6.07, 6.45) is 4.39. The summed E-state index contributed by atoms with van der Waals surface area (Å²) in [6.45, 7) is 4.84. The van der Waals surface area contributed by atoms with Crippen LogP contribution >= 0.6 is 37.9 Å². The van der Waals surface area contributed by atoms with Crippen LogP contribution in [0.5, 0.6) is 0 Å². The Balaban J connectivity index is 0. The van der Waals surface area contributed by atoms with Crippen LogP contribution in [-0.2, 0) is 9.53 Å². The van der Waals surface area contributed by atoms with Crippen LogP contribution in [0, 0.1) is 5.92 Å². The maximum absolute atomic E-state index is 11.2. The zero-order valence-electron chi connectivity index (χ0n) is 9.98. The molecule has 0 saturated heterocycles. The van der Waals surface area contributed by atoms with E-state index in [-0.39, 0.29) is 24.4 Å². The van der Waals surface area contributed by atoms with Crippen molar-refractivity contribution >= 4 is 68.3 Å². The van der Waals surface area contributed by atoms with Gasteiger partial charge in [0.05, 0.1) is 6.61 Å². The Kier molecular flexibility index (Phi) is 12.6. The molecule has 0 spiro atoms. The second kappa shape index (κ2) is 10.3. The van der Waals surface area contributed by atoms with Gasteiger partial charge in [-0.3, -0.25) is 0 Å². The molecule has 0 heterocycles. The Morgan fingerprint density at radius 3 is 2.19 bits per heavy atom. The van der Waals surface area contributed by atoms with Crippen LogP contribution in [0.1, 0.15) is 39.5 Å². The van der Waals surface area contributed by atoms with Crippen molar-refractivity contribution in [3.05, 3.63) is 0 Å². The minimum absolute atomic E-state index is 0. The molecule has 0 fully saturated rings. The van der Waals surface area contributed by atoms with Crippen LogP contribution < -0.4 is 0 Å². The van der Waals surface area contributed by atoms with Gasteiger partial charge in [0.2, 0.25) is 0 Å². The van der Waals surface area contributed by atoms with E-state index in [9.17, 15) is 4.79 Å². The first kappa shape index (κ1) is 19.7. The normalized spacial score (nSPS) is 11.1. The van der Waals surface area contributed by atoms with Crippen LogP contribution in [0.3, 0.4) is 0 Å². The summed E-state index contributed by atoms with van der Waals surface area (Å²) in [4.78, 5) is 11.2. The first-order valence-corrected chi connectivity index (χ1v) is 6.52. The molecule has 0 amide bonds. The van der Waals surface area contributed by atoms with E-state index in [1.165, 1.54) is 12.8 Å². The van der Waals surface area contributed by atoms with Gasteiger partial charge in [0.25, 0.3) is 0 Å². The number of rotatable bonds is 7. The van der Waals surface area contributed by atoms with Crippen LogP contribution in [0.4, 0.5) is 0 Å². The molecule has 0 aliphatic heterocycles. The van der Waals surface area contributed by atoms with Crippen molar-refractivity contribution in [3.8, 4) is 0 Å². The van der Waals surface area contributed by atoms with E-state index < -0.39 is 9.38 Å². The molecular formula is C10H23O2S3Sb. The van der Waals surface area contributed by atoms with E-state index in [1.807, 2.05) is 0 Å². The summed E-state index contributed by atoms with van der Waals surface area (Å²) < 4.78 is 3.67. The topological polar surface area (TPSA) is 26.3 Å². The standard InChI is InChI=1S/C10H20O2S3.Sb.3H/c1-8(2)6-4-3-5-7-12-9(11)10(13,14)15;;;;/h8,13-15H,3-7H2,1-2H3;;;;. The molecule has 0 aromatic carbocycles. The number of carbonyl (C=O) groups is 1. The number of thiol groups is 3. The van der Waals surface area contributed by atoms with E-state index in [1.54, 1.807) is 0 Å². The predicted molar refractivity (Wildman–Crippen MR) is 83.9 cm³/mol. The number of hydrogen-bond acceptors (Lipinski definition) is 5. The fourth-order valence-electron chi connectivity index (χ4n) is 1.09. The van der Waals surface area contributed by atoms with Crippen molar-refractivity contribution < 1.29 is 9.53 Å². The molecule has 0 aromatic heterocycles. The number of hydrogen-bond donors (Lipinski definition) is 3. The van der Waals surface area contributed by atoms with Gasteiger partial charge in [-0.05, 0) is 12.3 Å². The number of carbonyl (C=O) groups excluding carboxylic acids is 1. The number of esters is 1. The predicted octanol–water partition coefficient (Wildman–Crippen LogP) is 2.01. The molecular weight excluding hydrogens is 370 g/mol. The van der Waals surface area contributed by atoms with Gasteiger partial charge < -0.3 is 4.74 Å². The first-order valence-electron chi connectivity index (χ1n) is 5.18. The molecule has 2 nitrogen and oxygen atoms in total. The zero-order valence-corrected chi connectivity index (χ0v) is 16.7. The first-order chi connectivity index (χ1) is 6.84. The fourth-order valence-corrected chi connectivity index (χ4v) is 1.29. The summed E-state index contributed by atoms with van der Waals surface area (Å²) in [7, 11) is 0. The molecule has 0 unspecified atom stereocenters. The third-order valence-electron chi connectivity index (χ3n) is 1.93. The summed E-state index contributed by atoms with van der Waals surface area (Å²) >= 11 is 11.6. The average molecular weight is 393 g/mol. The molecule has 0 N–H and O–H groups in total. The Morgan fingerprint density at radius 1 is 1.19 bits per heavy atom. The summed E-state index contributed by atoms with van der Waals surface area (Å²) in [6, 6.07) is 0. The van der Waals surface area contributed by atoms with Crippen molar-refractivity contribution in [3.63, 3.8) is 0 Å². The molecule has 0 atom stereocenters. The van der Waals surface area contributed by atoms with Gasteiger partial charge in [-0.2, -0.15) is 0 Å². The molecule has 6 heteroatoms. The van der Waals surface area contributed by atoms with E-state index in [0.717, 1.165) is 18.8 Å². The molecule has 0 radical (unpaired) electrons. The fraction of sp³-hybridized carbons (Fsp3) is 0.900. The van der Waals surface area contributed by atoms with Gasteiger partial charge in [0, 0.05) is 0 Å². The Labute approximate surface area is 132 Å². The van der Waals surface area contributed by atoms with E-state index in [4.69, 9.17) is 4.74 Å². The van der Waals surface area contributed by atoms with Crippen molar-refractivity contribution in [2.24, 2.45) is 5.92 Å². The van der Waals surface area contributed by atoms with Crippen molar-refractivity contribution in [1.29, 1.82) is 0 Å². The molecule has 0 bridgehead atoms. The number of ether oxygens (including phenoxy) is 1. The van der Waals surface area contributed by atoms with Gasteiger partial charge in [-0.15, -0.1) is 37.9 Å². The van der Waals surface area contributed by atoms with Gasteiger partial charge in [0.15, 0.2) is 3.41 Å². The Bertz CT molecular complexity index is 193. The summed E-state index contributed by atoms with van der Waals surface area (Å²) in [5.41, 5.74) is 0. The van der Waals surface area contributed by atoms with E-state index in [2.05, 4.69) is 51.7 Å². The SMILES string of the molecule is CC(C)CCCCCOC(=O)C(S)(S)S.[SbH3]. The molecule has 0 rings (SSSR count). The average Bonchev–Trinajstić information content (AvgIpc) is 2.08. The minimum atomic E-state index is -1.28. The molecule has 0 saturated carbocycles. The summed E-state index contributed by atoms with van der Waals surface area (Å²) in [5.74, 6) is 0.244. The third kappa shape index (κ3) is 11.8. The molecule has 16 heavy (non-hydrogen) atoms. The second-order valence-corrected chi connectivity index (χ2v) is 7.09. The quantitative estimate of drug-likeness (QED) is 0.203. The second-order valence-electron chi connectivity index (χ2n) is 4.01. The van der Waals surface area contributed by atoms with Crippen LogP contribution in [-0.4, -0.2) is 40.4 Å². The van der Waals surface area contributed by atoms with Gasteiger partial charge >= 0.3 is 30.4 Å². The van der Waals surface area contributed by atoms with Crippen molar-refractivity contribution in [2.75, 3.05) is 6.61 Å². The van der Waals surface area contributed by atoms with Crippen LogP contribution in [0.2, 0.25) is 0 Å². The molecule has 0 aliphatic rings. The molecule has 98 valence electrons. The van der Waals surface area contributed by atoms with Crippen LogP contribution in [0.15, 0.2) is 0 Å². The molecule has 0 aliphatic carbocycles. The Hall–Kier alpha value is 1.34. The van der Waals surface area contributed by atoms with Gasteiger partial charge in [0.1, 0.15) is 0 Å². The number of unbranched alkanes of at least 4 members (excludes halogenated alkanes) is 2. The third-order valence-corrected chi connectivity index (χ3v) is 2.48. The zero-order chi connectivity index (χ0) is 11.9. The van der Waals surface area contributed by atoms with Crippen molar-refractivity contribution in [2.45, 2.75) is 42.9 Å². The van der Waals surface area contributed by atoms with Gasteiger partial charge in [-0.1, -0.05) is 33.1 Å².